The van der Waals surface area contributed by atoms with E-state index in [0.717, 1.165) is 28.2 Å². The zero-order valence-corrected chi connectivity index (χ0v) is 11.7. The summed E-state index contributed by atoms with van der Waals surface area (Å²) in [5.74, 6) is 1.11. The van der Waals surface area contributed by atoms with Crippen molar-refractivity contribution in [1.82, 2.24) is 14.6 Å². The van der Waals surface area contributed by atoms with Gasteiger partial charge >= 0.3 is 0 Å². The number of nitrogens with zero attached hydrogens (tertiary/aromatic N) is 2. The first-order valence-corrected chi connectivity index (χ1v) is 7.24. The lowest BCUT2D eigenvalue weighted by atomic mass is 9.98. The maximum atomic E-state index is 4.61. The van der Waals surface area contributed by atoms with E-state index in [9.17, 15) is 0 Å². The minimum absolute atomic E-state index is 0.983. The highest BCUT2D eigenvalue weighted by atomic mass is 32.1. The fourth-order valence-electron chi connectivity index (χ4n) is 2.52. The van der Waals surface area contributed by atoms with Crippen molar-refractivity contribution in [2.75, 3.05) is 0 Å². The second-order valence-electron chi connectivity index (χ2n) is 4.77. The van der Waals surface area contributed by atoms with Gasteiger partial charge in [-0.3, -0.25) is 5.10 Å². The molecule has 4 aromatic rings. The van der Waals surface area contributed by atoms with Gasteiger partial charge in [-0.25, -0.2) is 0 Å². The van der Waals surface area contributed by atoms with Crippen molar-refractivity contribution in [2.24, 2.45) is 0 Å². The van der Waals surface area contributed by atoms with Crippen LogP contribution in [-0.2, 0) is 0 Å². The second-order valence-corrected chi connectivity index (χ2v) is 5.58. The summed E-state index contributed by atoms with van der Waals surface area (Å²) >= 11 is 1.54. The molecule has 2 aromatic carbocycles. The molecule has 0 bridgehead atoms. The van der Waals surface area contributed by atoms with E-state index in [0.29, 0.717) is 0 Å². The fraction of sp³-hybridized carbons (Fsp3) is 0.0625. The van der Waals surface area contributed by atoms with Crippen LogP contribution < -0.4 is 0 Å². The maximum absolute atomic E-state index is 4.61. The van der Waals surface area contributed by atoms with E-state index in [4.69, 9.17) is 0 Å². The molecule has 1 N–H and O–H groups in total. The number of para-hydroxylation sites is 1. The van der Waals surface area contributed by atoms with Gasteiger partial charge in [0.1, 0.15) is 0 Å². The molecule has 20 heavy (non-hydrogen) atoms. The van der Waals surface area contributed by atoms with Crippen LogP contribution >= 0.6 is 11.5 Å². The highest BCUT2D eigenvalue weighted by Crippen LogP contribution is 2.33. The van der Waals surface area contributed by atoms with E-state index >= 15 is 0 Å². The van der Waals surface area contributed by atoms with E-state index in [-0.39, 0.29) is 0 Å². The Morgan fingerprint density at radius 2 is 1.70 bits per heavy atom. The van der Waals surface area contributed by atoms with Crippen molar-refractivity contribution in [1.29, 1.82) is 0 Å². The van der Waals surface area contributed by atoms with Crippen molar-refractivity contribution in [3.05, 3.63) is 65.8 Å². The average Bonchev–Trinajstić information content (AvgIpc) is 3.11. The monoisotopic (exact) mass is 278 g/mol. The van der Waals surface area contributed by atoms with Crippen LogP contribution in [0.5, 0.6) is 0 Å². The van der Waals surface area contributed by atoms with Gasteiger partial charge in [-0.2, -0.15) is 9.47 Å². The van der Waals surface area contributed by atoms with Gasteiger partial charge in [0.2, 0.25) is 0 Å². The molecule has 0 spiro atoms. The predicted octanol–water partition coefficient (Wildman–Crippen LogP) is 4.16. The molecule has 2 aromatic heterocycles. The van der Waals surface area contributed by atoms with E-state index in [2.05, 4.69) is 45.8 Å². The summed E-state index contributed by atoms with van der Waals surface area (Å²) in [5.41, 5.74) is 3.07. The third-order valence-electron chi connectivity index (χ3n) is 3.56. The minimum atomic E-state index is 0.983. The minimum Gasteiger partial charge on any atom is -0.278 e. The zero-order chi connectivity index (χ0) is 13.5. The highest BCUT2D eigenvalue weighted by molar-refractivity contribution is 7.13. The zero-order valence-electron chi connectivity index (χ0n) is 10.9. The van der Waals surface area contributed by atoms with E-state index in [1.54, 1.807) is 0 Å². The van der Waals surface area contributed by atoms with Gasteiger partial charge in [0.15, 0.2) is 0 Å². The van der Waals surface area contributed by atoms with Gasteiger partial charge in [-0.15, -0.1) is 0 Å². The molecule has 0 atom stereocenters. The lowest BCUT2D eigenvalue weighted by Gasteiger charge is -2.05. The third kappa shape index (κ3) is 1.65. The van der Waals surface area contributed by atoms with Gasteiger partial charge in [0.25, 0.3) is 0 Å². The van der Waals surface area contributed by atoms with Gasteiger partial charge < -0.3 is 0 Å². The van der Waals surface area contributed by atoms with E-state index in [1.807, 2.05) is 24.3 Å². The van der Waals surface area contributed by atoms with Gasteiger partial charge in [-0.05, 0) is 30.6 Å². The fourth-order valence-corrected chi connectivity index (χ4v) is 3.35. The van der Waals surface area contributed by atoms with Gasteiger partial charge in [0.05, 0.1) is 27.5 Å². The number of nitrogens with one attached hydrogen (secondary N) is 1. The van der Waals surface area contributed by atoms with Crippen LogP contribution in [0.2, 0.25) is 0 Å². The molecule has 0 unspecified atom stereocenters. The Kier molecular flexibility index (Phi) is 2.57. The van der Waals surface area contributed by atoms with Crippen LogP contribution in [0.25, 0.3) is 21.0 Å². The average molecular weight is 278 g/mol. The number of H-pyrrole nitrogens is 1. The maximum Gasteiger partial charge on any atom is 0.0833 e. The first-order chi connectivity index (χ1) is 9.84. The molecule has 0 aliphatic carbocycles. The Bertz CT molecular complexity index is 817. The van der Waals surface area contributed by atoms with Crippen LogP contribution in [0, 0.1) is 5.92 Å². The smallest absolute Gasteiger partial charge is 0.0833 e. The molecule has 0 aliphatic heterocycles. The van der Waals surface area contributed by atoms with Crippen LogP contribution in [-0.4, -0.2) is 14.6 Å². The highest BCUT2D eigenvalue weighted by Gasteiger charge is 2.20. The Labute approximate surface area is 120 Å². The largest absolute Gasteiger partial charge is 0.278 e. The number of aromatic amines is 1. The summed E-state index contributed by atoms with van der Waals surface area (Å²) in [5, 5.41) is 9.88. The Morgan fingerprint density at radius 1 is 0.950 bits per heavy atom. The van der Waals surface area contributed by atoms with Crippen LogP contribution in [0.1, 0.15) is 18.3 Å². The summed E-state index contributed by atoms with van der Waals surface area (Å²) in [6.45, 7) is 2.09. The topological polar surface area (TPSA) is 41.6 Å². The Morgan fingerprint density at radius 3 is 2.60 bits per heavy atom. The van der Waals surface area contributed by atoms with Crippen LogP contribution in [0.4, 0.5) is 0 Å². The number of rotatable bonds is 2. The van der Waals surface area contributed by atoms with Gasteiger partial charge in [0, 0.05) is 10.8 Å². The molecule has 1 radical (unpaired) electrons. The molecule has 3 nitrogen and oxygen atoms in total. The molecule has 4 heteroatoms. The number of hydrogen-bond acceptors (Lipinski definition) is 3. The number of fused-ring (bicyclic) bond motifs is 2. The third-order valence-corrected chi connectivity index (χ3v) is 4.38. The quantitative estimate of drug-likeness (QED) is 0.598. The molecule has 4 rings (SSSR count). The lowest BCUT2D eigenvalue weighted by molar-refractivity contribution is 1.02. The van der Waals surface area contributed by atoms with Crippen LogP contribution in [0.15, 0.2) is 48.5 Å². The molecule has 0 saturated carbocycles. The molecule has 0 amide bonds. The van der Waals surface area contributed by atoms with E-state index in [1.165, 1.54) is 21.6 Å². The van der Waals surface area contributed by atoms with E-state index < -0.39 is 0 Å². The summed E-state index contributed by atoms with van der Waals surface area (Å²) in [7, 11) is 0. The van der Waals surface area contributed by atoms with Crippen molar-refractivity contribution >= 4 is 32.5 Å². The summed E-state index contributed by atoms with van der Waals surface area (Å²) in [4.78, 5) is 0. The molecule has 97 valence electrons. The Hall–Kier alpha value is -2.20. The summed E-state index contributed by atoms with van der Waals surface area (Å²) in [6.07, 6.45) is 0. The standard InChI is InChI=1S/C16H12N3S/c1-10(15-11-6-2-4-8-13(11)17-18-15)16-12-7-3-5-9-14(12)20-19-16/h2-9H,1H3,(H,17,18). The predicted molar refractivity (Wildman–Crippen MR) is 82.8 cm³/mol. The normalized spacial score (nSPS) is 11.7. The molecule has 2 heterocycles. The summed E-state index contributed by atoms with van der Waals surface area (Å²) in [6, 6.07) is 16.5. The van der Waals surface area contributed by atoms with Crippen molar-refractivity contribution < 1.29 is 0 Å². The number of hydrogen-bond donors (Lipinski definition) is 1. The van der Waals surface area contributed by atoms with Crippen molar-refractivity contribution in [3.8, 4) is 0 Å². The SMILES string of the molecule is C[C](c1n[nH]c2ccccc12)c1nsc2ccccc12. The molecule has 0 aliphatic rings. The Balaban J connectivity index is 1.90. The summed E-state index contributed by atoms with van der Waals surface area (Å²) < 4.78 is 5.82. The molecular weight excluding hydrogens is 266 g/mol. The second kappa shape index (κ2) is 4.42. The molecule has 0 fully saturated rings. The number of aromatic nitrogens is 3. The number of benzene rings is 2. The van der Waals surface area contributed by atoms with Gasteiger partial charge in [-0.1, -0.05) is 36.4 Å². The molecular formula is C16H12N3S. The molecule has 0 saturated heterocycles. The first kappa shape index (κ1) is 11.6. The lowest BCUT2D eigenvalue weighted by Crippen LogP contribution is -1.99. The van der Waals surface area contributed by atoms with Crippen molar-refractivity contribution in [2.45, 2.75) is 6.92 Å². The first-order valence-electron chi connectivity index (χ1n) is 6.46. The van der Waals surface area contributed by atoms with Crippen molar-refractivity contribution in [3.63, 3.8) is 0 Å². The van der Waals surface area contributed by atoms with Crippen LogP contribution in [0.3, 0.4) is 0 Å².